The smallest absolute Gasteiger partial charge is 0.224 e. The van der Waals surface area contributed by atoms with Gasteiger partial charge in [0.05, 0.1) is 0 Å². The van der Waals surface area contributed by atoms with Crippen LogP contribution < -0.4 is 11.1 Å². The molecule has 2 rings (SSSR count). The van der Waals surface area contributed by atoms with Crippen LogP contribution in [0.25, 0.3) is 0 Å². The predicted octanol–water partition coefficient (Wildman–Crippen LogP) is 3.25. The molecule has 1 saturated heterocycles. The highest BCUT2D eigenvalue weighted by molar-refractivity contribution is 5.90. The van der Waals surface area contributed by atoms with E-state index in [0.29, 0.717) is 12.1 Å². The van der Waals surface area contributed by atoms with Gasteiger partial charge in [-0.2, -0.15) is 0 Å². The summed E-state index contributed by atoms with van der Waals surface area (Å²) < 4.78 is 0. The Hall–Kier alpha value is -1.55. The Labute approximate surface area is 127 Å². The van der Waals surface area contributed by atoms with Crippen molar-refractivity contribution in [2.75, 3.05) is 30.7 Å². The third-order valence-corrected chi connectivity index (χ3v) is 4.02. The molecule has 1 fully saturated rings. The lowest BCUT2D eigenvalue weighted by Crippen LogP contribution is -2.29. The molecular formula is C17H27N3O. The fraction of sp³-hybridized carbons (Fsp3) is 0.588. The van der Waals surface area contributed by atoms with E-state index in [4.69, 9.17) is 5.73 Å². The fourth-order valence-corrected chi connectivity index (χ4v) is 2.79. The molecule has 1 aromatic rings. The maximum Gasteiger partial charge on any atom is 0.224 e. The van der Waals surface area contributed by atoms with Crippen LogP contribution in [0.5, 0.6) is 0 Å². The van der Waals surface area contributed by atoms with Crippen molar-refractivity contribution in [3.8, 4) is 0 Å². The second kappa shape index (κ2) is 8.67. The van der Waals surface area contributed by atoms with Crippen LogP contribution in [-0.2, 0) is 4.79 Å². The normalized spacial score (nSPS) is 17.0. The summed E-state index contributed by atoms with van der Waals surface area (Å²) in [5.41, 5.74) is 7.16. The Morgan fingerprint density at radius 3 is 2.33 bits per heavy atom. The topological polar surface area (TPSA) is 58.4 Å². The zero-order valence-corrected chi connectivity index (χ0v) is 12.8. The Kier molecular flexibility index (Phi) is 6.54. The quantitative estimate of drug-likeness (QED) is 0.818. The zero-order valence-electron chi connectivity index (χ0n) is 12.8. The average Bonchev–Trinajstić information content (AvgIpc) is 2.43. The summed E-state index contributed by atoms with van der Waals surface area (Å²) in [7, 11) is 0. The number of hydrogen-bond donors (Lipinski definition) is 2. The average molecular weight is 289 g/mol. The van der Waals surface area contributed by atoms with Crippen molar-refractivity contribution in [2.45, 2.75) is 44.9 Å². The van der Waals surface area contributed by atoms with Crippen LogP contribution in [0.15, 0.2) is 24.3 Å². The fourth-order valence-electron chi connectivity index (χ4n) is 2.79. The molecule has 0 saturated carbocycles. The number of rotatable bonds is 5. The molecule has 0 atom stereocenters. The van der Waals surface area contributed by atoms with Gasteiger partial charge in [0, 0.05) is 17.8 Å². The number of nitrogens with one attached hydrogen (secondary N) is 1. The first-order valence-electron chi connectivity index (χ1n) is 8.12. The highest BCUT2D eigenvalue weighted by Crippen LogP contribution is 2.13. The van der Waals surface area contributed by atoms with Crippen LogP contribution in [-0.4, -0.2) is 30.4 Å². The molecule has 1 amide bonds. The van der Waals surface area contributed by atoms with Gasteiger partial charge < -0.3 is 16.0 Å². The van der Waals surface area contributed by atoms with Gasteiger partial charge in [0.2, 0.25) is 5.91 Å². The summed E-state index contributed by atoms with van der Waals surface area (Å²) in [5.74, 6) is 0.0896. The lowest BCUT2D eigenvalue weighted by Gasteiger charge is -2.24. The number of carbonyl (C=O) groups is 1. The summed E-state index contributed by atoms with van der Waals surface area (Å²) in [4.78, 5) is 14.4. The molecule has 0 radical (unpaired) electrons. The van der Waals surface area contributed by atoms with E-state index in [9.17, 15) is 4.79 Å². The number of benzene rings is 1. The van der Waals surface area contributed by atoms with E-state index in [1.165, 1.54) is 45.2 Å². The minimum Gasteiger partial charge on any atom is -0.399 e. The highest BCUT2D eigenvalue weighted by atomic mass is 16.1. The molecule has 4 nitrogen and oxygen atoms in total. The SMILES string of the molecule is Nc1ccc(NC(=O)CCCN2CCCCCCC2)cc1. The van der Waals surface area contributed by atoms with E-state index in [1.54, 1.807) is 12.1 Å². The first-order chi connectivity index (χ1) is 10.2. The molecule has 3 N–H and O–H groups in total. The van der Waals surface area contributed by atoms with Crippen molar-refractivity contribution < 1.29 is 4.79 Å². The molecule has 21 heavy (non-hydrogen) atoms. The van der Waals surface area contributed by atoms with Crippen LogP contribution in [0, 0.1) is 0 Å². The van der Waals surface area contributed by atoms with Crippen molar-refractivity contribution in [1.82, 2.24) is 4.90 Å². The van der Waals surface area contributed by atoms with Crippen molar-refractivity contribution in [3.05, 3.63) is 24.3 Å². The first-order valence-corrected chi connectivity index (χ1v) is 8.12. The van der Waals surface area contributed by atoms with Gasteiger partial charge in [-0.3, -0.25) is 4.79 Å². The van der Waals surface area contributed by atoms with E-state index in [2.05, 4.69) is 10.2 Å². The molecule has 0 aromatic heterocycles. The van der Waals surface area contributed by atoms with Crippen molar-refractivity contribution in [3.63, 3.8) is 0 Å². The number of nitrogens with zero attached hydrogens (tertiary/aromatic N) is 1. The minimum atomic E-state index is 0.0896. The number of hydrogen-bond acceptors (Lipinski definition) is 3. The Bertz CT molecular complexity index is 422. The molecule has 0 unspecified atom stereocenters. The molecule has 1 aliphatic heterocycles. The summed E-state index contributed by atoms with van der Waals surface area (Å²) >= 11 is 0. The number of carbonyl (C=O) groups excluding carboxylic acids is 1. The molecule has 116 valence electrons. The summed E-state index contributed by atoms with van der Waals surface area (Å²) in [6, 6.07) is 7.28. The monoisotopic (exact) mass is 289 g/mol. The van der Waals surface area contributed by atoms with Crippen LogP contribution in [0.4, 0.5) is 11.4 Å². The third-order valence-electron chi connectivity index (χ3n) is 4.02. The third kappa shape index (κ3) is 6.17. The molecule has 1 heterocycles. The predicted molar refractivity (Wildman–Crippen MR) is 88.2 cm³/mol. The second-order valence-electron chi connectivity index (χ2n) is 5.88. The number of anilines is 2. The molecule has 1 aromatic carbocycles. The maximum absolute atomic E-state index is 11.9. The van der Waals surface area contributed by atoms with Gasteiger partial charge in [-0.05, 0) is 63.2 Å². The van der Waals surface area contributed by atoms with Crippen molar-refractivity contribution >= 4 is 17.3 Å². The van der Waals surface area contributed by atoms with Crippen molar-refractivity contribution in [2.24, 2.45) is 0 Å². The largest absolute Gasteiger partial charge is 0.399 e. The second-order valence-corrected chi connectivity index (χ2v) is 5.88. The molecule has 0 aliphatic carbocycles. The Morgan fingerprint density at radius 1 is 1.05 bits per heavy atom. The van der Waals surface area contributed by atoms with Crippen LogP contribution in [0.2, 0.25) is 0 Å². The summed E-state index contributed by atoms with van der Waals surface area (Å²) in [6.07, 6.45) is 8.22. The number of nitrogens with two attached hydrogens (primary N) is 1. The van der Waals surface area contributed by atoms with Crippen molar-refractivity contribution in [1.29, 1.82) is 0 Å². The van der Waals surface area contributed by atoms with Gasteiger partial charge in [0.15, 0.2) is 0 Å². The molecule has 1 aliphatic rings. The van der Waals surface area contributed by atoms with E-state index >= 15 is 0 Å². The molecule has 0 spiro atoms. The summed E-state index contributed by atoms with van der Waals surface area (Å²) in [6.45, 7) is 3.42. The van der Waals surface area contributed by atoms with Gasteiger partial charge in [0.25, 0.3) is 0 Å². The van der Waals surface area contributed by atoms with Gasteiger partial charge >= 0.3 is 0 Å². The molecular weight excluding hydrogens is 262 g/mol. The number of amides is 1. The number of nitrogen functional groups attached to an aromatic ring is 1. The summed E-state index contributed by atoms with van der Waals surface area (Å²) in [5, 5.41) is 2.92. The Morgan fingerprint density at radius 2 is 1.67 bits per heavy atom. The van der Waals surface area contributed by atoms with Crippen LogP contribution in [0.3, 0.4) is 0 Å². The molecule has 0 bridgehead atoms. The lowest BCUT2D eigenvalue weighted by molar-refractivity contribution is -0.116. The highest BCUT2D eigenvalue weighted by Gasteiger charge is 2.09. The van der Waals surface area contributed by atoms with Gasteiger partial charge in [0.1, 0.15) is 0 Å². The van der Waals surface area contributed by atoms with E-state index in [1.807, 2.05) is 12.1 Å². The van der Waals surface area contributed by atoms with E-state index in [-0.39, 0.29) is 5.91 Å². The van der Waals surface area contributed by atoms with Crippen LogP contribution >= 0.6 is 0 Å². The van der Waals surface area contributed by atoms with E-state index < -0.39 is 0 Å². The van der Waals surface area contributed by atoms with Crippen LogP contribution in [0.1, 0.15) is 44.9 Å². The van der Waals surface area contributed by atoms with E-state index in [0.717, 1.165) is 18.7 Å². The standard InChI is InChI=1S/C17H27N3O/c18-15-8-10-16(11-9-15)19-17(21)7-6-14-20-12-4-2-1-3-5-13-20/h8-11H,1-7,12-14,18H2,(H,19,21). The van der Waals surface area contributed by atoms with Gasteiger partial charge in [-0.15, -0.1) is 0 Å². The Balaban J connectivity index is 1.65. The minimum absolute atomic E-state index is 0.0896. The van der Waals surface area contributed by atoms with Gasteiger partial charge in [-0.1, -0.05) is 19.3 Å². The first kappa shape index (κ1) is 15.8. The van der Waals surface area contributed by atoms with Gasteiger partial charge in [-0.25, -0.2) is 0 Å². The lowest BCUT2D eigenvalue weighted by atomic mass is 10.1. The molecule has 4 heteroatoms. The number of likely N-dealkylation sites (tertiary alicyclic amines) is 1. The zero-order chi connectivity index (χ0) is 14.9. The maximum atomic E-state index is 11.9.